The van der Waals surface area contributed by atoms with Crippen molar-refractivity contribution in [1.82, 2.24) is 19.7 Å². The van der Waals surface area contributed by atoms with Crippen LogP contribution in [0.2, 0.25) is 0 Å². The van der Waals surface area contributed by atoms with Crippen LogP contribution in [-0.2, 0) is 0 Å². The molecule has 0 saturated heterocycles. The van der Waals surface area contributed by atoms with E-state index in [1.807, 2.05) is 31.3 Å². The minimum atomic E-state index is 0.798. The van der Waals surface area contributed by atoms with Crippen LogP contribution < -0.4 is 0 Å². The summed E-state index contributed by atoms with van der Waals surface area (Å²) in [7, 11) is 0. The molecule has 0 aromatic carbocycles. The Bertz CT molecular complexity index is 997. The molecule has 0 amide bonds. The lowest BCUT2D eigenvalue weighted by Crippen LogP contribution is -1.99. The minimum absolute atomic E-state index is 0.798. The van der Waals surface area contributed by atoms with E-state index < -0.39 is 0 Å². The molecular weight excluding hydrogens is 320 g/mol. The largest absolute Gasteiger partial charge is 0.360 e. The topological polar surface area (TPSA) is 56.7 Å². The molecule has 0 aliphatic carbocycles. The highest BCUT2D eigenvalue weighted by Crippen LogP contribution is 2.33. The van der Waals surface area contributed by atoms with Crippen molar-refractivity contribution in [1.29, 1.82) is 0 Å². The molecule has 0 aliphatic rings. The Morgan fingerprint density at radius 1 is 1.17 bits per heavy atom. The highest BCUT2D eigenvalue weighted by atomic mass is 32.1. The molecule has 4 heterocycles. The van der Waals surface area contributed by atoms with Crippen molar-refractivity contribution in [2.75, 3.05) is 0 Å². The first-order chi connectivity index (χ1) is 11.6. The number of aromatic nitrogens is 4. The third kappa shape index (κ3) is 2.45. The van der Waals surface area contributed by atoms with E-state index >= 15 is 0 Å². The number of aryl methyl sites for hydroxylation is 2. The average Bonchev–Trinajstić information content (AvgIpc) is 3.28. The van der Waals surface area contributed by atoms with Gasteiger partial charge in [0.25, 0.3) is 0 Å². The number of hydrogen-bond acceptors (Lipinski definition) is 5. The van der Waals surface area contributed by atoms with Gasteiger partial charge < -0.3 is 4.52 Å². The van der Waals surface area contributed by atoms with Crippen LogP contribution in [0.15, 0.2) is 46.6 Å². The maximum absolute atomic E-state index is 5.21. The van der Waals surface area contributed by atoms with Crippen molar-refractivity contribution < 1.29 is 4.52 Å². The highest BCUT2D eigenvalue weighted by molar-refractivity contribution is 7.13. The zero-order valence-electron chi connectivity index (χ0n) is 13.6. The highest BCUT2D eigenvalue weighted by Gasteiger charge is 2.17. The number of nitrogens with zero attached hydrogens (tertiary/aromatic N) is 4. The van der Waals surface area contributed by atoms with E-state index in [1.54, 1.807) is 17.5 Å². The van der Waals surface area contributed by atoms with Gasteiger partial charge in [0.1, 0.15) is 10.8 Å². The van der Waals surface area contributed by atoms with Crippen LogP contribution in [0.25, 0.3) is 27.6 Å². The van der Waals surface area contributed by atoms with Crippen LogP contribution in [0.5, 0.6) is 0 Å². The average molecular weight is 336 g/mol. The van der Waals surface area contributed by atoms with Crippen LogP contribution >= 0.6 is 11.3 Å². The molecule has 0 bridgehead atoms. The van der Waals surface area contributed by atoms with Crippen molar-refractivity contribution in [2.45, 2.75) is 20.8 Å². The summed E-state index contributed by atoms with van der Waals surface area (Å²) >= 11 is 1.63. The normalized spacial score (nSPS) is 11.1. The van der Waals surface area contributed by atoms with Gasteiger partial charge in [-0.1, -0.05) is 5.16 Å². The summed E-state index contributed by atoms with van der Waals surface area (Å²) < 4.78 is 7.31. The standard InChI is InChI=1S/C18H16N4OS/c1-11-7-15(13(3)22(11)17-8-12(2)23-21-17)16-10-24-18(20-16)14-5-4-6-19-9-14/h4-10H,1-3H3. The molecule has 0 saturated carbocycles. The van der Waals surface area contributed by atoms with E-state index in [4.69, 9.17) is 9.51 Å². The van der Waals surface area contributed by atoms with Gasteiger partial charge in [0.15, 0.2) is 5.82 Å². The van der Waals surface area contributed by atoms with Crippen LogP contribution in [-0.4, -0.2) is 19.7 Å². The second-order valence-electron chi connectivity index (χ2n) is 5.70. The first-order valence-corrected chi connectivity index (χ1v) is 8.50. The Labute approximate surface area is 143 Å². The van der Waals surface area contributed by atoms with E-state index in [0.717, 1.165) is 44.8 Å². The zero-order valence-corrected chi connectivity index (χ0v) is 14.5. The predicted molar refractivity (Wildman–Crippen MR) is 94.4 cm³/mol. The maximum Gasteiger partial charge on any atom is 0.180 e. The molecule has 0 unspecified atom stereocenters. The fourth-order valence-electron chi connectivity index (χ4n) is 2.85. The lowest BCUT2D eigenvalue weighted by molar-refractivity contribution is 0.394. The Balaban J connectivity index is 1.77. The molecule has 0 fully saturated rings. The lowest BCUT2D eigenvalue weighted by atomic mass is 10.2. The van der Waals surface area contributed by atoms with Crippen LogP contribution in [0, 0.1) is 20.8 Å². The summed E-state index contributed by atoms with van der Waals surface area (Å²) in [5.41, 5.74) is 5.32. The Morgan fingerprint density at radius 2 is 2.04 bits per heavy atom. The third-order valence-electron chi connectivity index (χ3n) is 3.96. The van der Waals surface area contributed by atoms with Crippen molar-refractivity contribution in [3.05, 3.63) is 59.2 Å². The smallest absolute Gasteiger partial charge is 0.180 e. The van der Waals surface area contributed by atoms with E-state index in [9.17, 15) is 0 Å². The molecule has 0 atom stereocenters. The third-order valence-corrected chi connectivity index (χ3v) is 4.86. The molecule has 0 aliphatic heterocycles. The summed E-state index contributed by atoms with van der Waals surface area (Å²) in [5.74, 6) is 1.60. The zero-order chi connectivity index (χ0) is 16.7. The Kier molecular flexibility index (Phi) is 3.54. The van der Waals surface area contributed by atoms with Crippen molar-refractivity contribution >= 4 is 11.3 Å². The second-order valence-corrected chi connectivity index (χ2v) is 6.55. The molecule has 4 aromatic heterocycles. The molecule has 0 radical (unpaired) electrons. The molecule has 0 N–H and O–H groups in total. The summed E-state index contributed by atoms with van der Waals surface area (Å²) in [6, 6.07) is 8.03. The molecule has 5 nitrogen and oxygen atoms in total. The first-order valence-electron chi connectivity index (χ1n) is 7.62. The minimum Gasteiger partial charge on any atom is -0.360 e. The molecule has 4 rings (SSSR count). The first kappa shape index (κ1) is 14.8. The van der Waals surface area contributed by atoms with Crippen LogP contribution in [0.4, 0.5) is 0 Å². The van der Waals surface area contributed by atoms with E-state index in [2.05, 4.69) is 40.0 Å². The molecule has 4 aromatic rings. The van der Waals surface area contributed by atoms with E-state index in [-0.39, 0.29) is 0 Å². The lowest BCUT2D eigenvalue weighted by Gasteiger charge is -2.04. The summed E-state index contributed by atoms with van der Waals surface area (Å²) in [6.07, 6.45) is 3.61. The van der Waals surface area contributed by atoms with Crippen molar-refractivity contribution in [3.8, 4) is 27.6 Å². The van der Waals surface area contributed by atoms with Gasteiger partial charge in [-0.15, -0.1) is 11.3 Å². The van der Waals surface area contributed by atoms with Gasteiger partial charge in [-0.25, -0.2) is 4.98 Å². The Hall–Kier alpha value is -2.73. The molecule has 0 spiro atoms. The summed E-state index contributed by atoms with van der Waals surface area (Å²) in [6.45, 7) is 6.04. The van der Waals surface area contributed by atoms with Gasteiger partial charge in [0.05, 0.1) is 5.69 Å². The fourth-order valence-corrected chi connectivity index (χ4v) is 3.66. The quantitative estimate of drug-likeness (QED) is 0.549. The van der Waals surface area contributed by atoms with Crippen molar-refractivity contribution in [3.63, 3.8) is 0 Å². The Morgan fingerprint density at radius 3 is 2.75 bits per heavy atom. The van der Waals surface area contributed by atoms with Crippen LogP contribution in [0.3, 0.4) is 0 Å². The van der Waals surface area contributed by atoms with Crippen molar-refractivity contribution in [2.24, 2.45) is 0 Å². The number of hydrogen-bond donors (Lipinski definition) is 0. The fraction of sp³-hybridized carbons (Fsp3) is 0.167. The molecule has 6 heteroatoms. The maximum atomic E-state index is 5.21. The van der Waals surface area contributed by atoms with Gasteiger partial charge >= 0.3 is 0 Å². The number of pyridine rings is 1. The monoisotopic (exact) mass is 336 g/mol. The second kappa shape index (κ2) is 5.72. The van der Waals surface area contributed by atoms with Gasteiger partial charge in [-0.2, -0.15) is 0 Å². The SMILES string of the molecule is Cc1cc(-n2c(C)cc(-c3csc(-c4cccnc4)n3)c2C)no1. The van der Waals surface area contributed by atoms with E-state index in [0.29, 0.717) is 0 Å². The summed E-state index contributed by atoms with van der Waals surface area (Å²) in [4.78, 5) is 8.95. The van der Waals surface area contributed by atoms with Gasteiger partial charge in [0, 0.05) is 46.4 Å². The summed E-state index contributed by atoms with van der Waals surface area (Å²) in [5, 5.41) is 7.19. The molecular formula is C18H16N4OS. The van der Waals surface area contributed by atoms with E-state index in [1.165, 1.54) is 0 Å². The predicted octanol–water partition coefficient (Wildman–Crippen LogP) is 4.58. The van der Waals surface area contributed by atoms with Crippen LogP contribution in [0.1, 0.15) is 17.1 Å². The molecule has 120 valence electrons. The number of rotatable bonds is 3. The van der Waals surface area contributed by atoms with Gasteiger partial charge in [-0.05, 0) is 39.0 Å². The van der Waals surface area contributed by atoms with Gasteiger partial charge in [0.2, 0.25) is 0 Å². The molecule has 24 heavy (non-hydrogen) atoms. The van der Waals surface area contributed by atoms with Gasteiger partial charge in [-0.3, -0.25) is 9.55 Å². The number of thiazole rings is 1.